The van der Waals surface area contributed by atoms with E-state index in [2.05, 4.69) is 25.7 Å². The summed E-state index contributed by atoms with van der Waals surface area (Å²) in [6, 6.07) is 15.5. The van der Waals surface area contributed by atoms with Crippen LogP contribution in [0.15, 0.2) is 53.6 Å². The molecule has 7 nitrogen and oxygen atoms in total. The predicted molar refractivity (Wildman–Crippen MR) is 113 cm³/mol. The Morgan fingerprint density at radius 3 is 2.66 bits per heavy atom. The van der Waals surface area contributed by atoms with Crippen molar-refractivity contribution in [2.75, 3.05) is 7.11 Å². The van der Waals surface area contributed by atoms with Gasteiger partial charge in [0, 0.05) is 33.3 Å². The Labute approximate surface area is 167 Å². The normalized spacial score (nSPS) is 11.3. The topological polar surface area (TPSA) is 95.2 Å². The second-order valence-corrected chi connectivity index (χ2v) is 6.71. The minimum atomic E-state index is -0.344. The summed E-state index contributed by atoms with van der Waals surface area (Å²) >= 11 is 0. The number of carbonyl (C=O) groups excluding carboxylic acids is 1. The number of hydrogen-bond donors (Lipinski definition) is 3. The second-order valence-electron chi connectivity index (χ2n) is 6.71. The van der Waals surface area contributed by atoms with Crippen molar-refractivity contribution in [3.05, 3.63) is 71.0 Å². The molecule has 0 aliphatic heterocycles. The van der Waals surface area contributed by atoms with E-state index < -0.39 is 0 Å². The molecular formula is C22H21N5O2. The molecule has 0 aliphatic carbocycles. The molecule has 2 heterocycles. The Balaban J connectivity index is 1.52. The number of ether oxygens (including phenoxy) is 1. The molecule has 146 valence electrons. The molecule has 4 rings (SSSR count). The third-order valence-electron chi connectivity index (χ3n) is 4.90. The SMILES string of the molecule is COc1ccc(-c2n[nH]c(C(=O)N/N=C\c3c(C)[nH]c4ccccc34)c2C)cc1. The van der Waals surface area contributed by atoms with Crippen LogP contribution in [-0.2, 0) is 0 Å². The van der Waals surface area contributed by atoms with Crippen molar-refractivity contribution in [3.8, 4) is 17.0 Å². The van der Waals surface area contributed by atoms with Crippen molar-refractivity contribution >= 4 is 23.0 Å². The summed E-state index contributed by atoms with van der Waals surface area (Å²) in [4.78, 5) is 15.9. The number of methoxy groups -OCH3 is 1. The minimum Gasteiger partial charge on any atom is -0.497 e. The number of rotatable bonds is 5. The van der Waals surface area contributed by atoms with E-state index in [0.717, 1.165) is 39.0 Å². The van der Waals surface area contributed by atoms with Crippen molar-refractivity contribution in [2.45, 2.75) is 13.8 Å². The van der Waals surface area contributed by atoms with Crippen molar-refractivity contribution in [1.29, 1.82) is 0 Å². The highest BCUT2D eigenvalue weighted by atomic mass is 16.5. The lowest BCUT2D eigenvalue weighted by Crippen LogP contribution is -2.19. The van der Waals surface area contributed by atoms with Crippen LogP contribution in [0.3, 0.4) is 0 Å². The molecule has 0 radical (unpaired) electrons. The molecule has 0 fully saturated rings. The highest BCUT2D eigenvalue weighted by Gasteiger charge is 2.16. The van der Waals surface area contributed by atoms with Gasteiger partial charge in [0.05, 0.1) is 19.0 Å². The van der Waals surface area contributed by atoms with Gasteiger partial charge < -0.3 is 9.72 Å². The molecule has 0 saturated carbocycles. The molecular weight excluding hydrogens is 366 g/mol. The number of fused-ring (bicyclic) bond motifs is 1. The zero-order valence-electron chi connectivity index (χ0n) is 16.4. The van der Waals surface area contributed by atoms with Gasteiger partial charge in [0.1, 0.15) is 11.4 Å². The van der Waals surface area contributed by atoms with Gasteiger partial charge in [0.2, 0.25) is 0 Å². The molecule has 3 N–H and O–H groups in total. The summed E-state index contributed by atoms with van der Waals surface area (Å²) in [5.74, 6) is 0.422. The number of carbonyl (C=O) groups is 1. The van der Waals surface area contributed by atoms with E-state index in [1.165, 1.54) is 0 Å². The third kappa shape index (κ3) is 3.50. The molecule has 2 aromatic heterocycles. The van der Waals surface area contributed by atoms with Gasteiger partial charge in [0.15, 0.2) is 0 Å². The number of benzene rings is 2. The van der Waals surface area contributed by atoms with Crippen molar-refractivity contribution in [2.24, 2.45) is 5.10 Å². The number of aryl methyl sites for hydroxylation is 1. The Bertz CT molecular complexity index is 1200. The van der Waals surface area contributed by atoms with Crippen LogP contribution in [0.25, 0.3) is 22.2 Å². The van der Waals surface area contributed by atoms with Gasteiger partial charge in [-0.15, -0.1) is 0 Å². The van der Waals surface area contributed by atoms with Crippen LogP contribution in [0.5, 0.6) is 5.75 Å². The van der Waals surface area contributed by atoms with Crippen LogP contribution in [0.4, 0.5) is 0 Å². The predicted octanol–water partition coefficient (Wildman–Crippen LogP) is 3.95. The van der Waals surface area contributed by atoms with Crippen LogP contribution >= 0.6 is 0 Å². The fourth-order valence-electron chi connectivity index (χ4n) is 3.32. The first-order chi connectivity index (χ1) is 14.1. The number of aromatic amines is 2. The van der Waals surface area contributed by atoms with Gasteiger partial charge in [-0.2, -0.15) is 10.2 Å². The summed E-state index contributed by atoms with van der Waals surface area (Å²) in [6.45, 7) is 3.83. The third-order valence-corrected chi connectivity index (χ3v) is 4.90. The fraction of sp³-hybridized carbons (Fsp3) is 0.136. The summed E-state index contributed by atoms with van der Waals surface area (Å²) < 4.78 is 5.18. The van der Waals surface area contributed by atoms with Crippen LogP contribution in [0, 0.1) is 13.8 Å². The van der Waals surface area contributed by atoms with Gasteiger partial charge in [-0.05, 0) is 44.2 Å². The number of nitrogens with one attached hydrogen (secondary N) is 3. The molecule has 29 heavy (non-hydrogen) atoms. The standard InChI is InChI=1S/C22H21N5O2/c1-13-20(15-8-10-16(29-3)11-9-15)25-26-21(13)22(28)27-23-12-18-14(2)24-19-7-5-4-6-17(18)19/h4-12,24H,1-3H3,(H,25,26)(H,27,28)/b23-12-. The summed E-state index contributed by atoms with van der Waals surface area (Å²) in [5.41, 5.74) is 8.30. The van der Waals surface area contributed by atoms with Crippen molar-refractivity contribution in [1.82, 2.24) is 20.6 Å². The number of aromatic nitrogens is 3. The van der Waals surface area contributed by atoms with Crippen LogP contribution < -0.4 is 10.2 Å². The van der Waals surface area contributed by atoms with Gasteiger partial charge in [0.25, 0.3) is 5.91 Å². The quantitative estimate of drug-likeness (QED) is 0.357. The molecule has 7 heteroatoms. The Morgan fingerprint density at radius 1 is 1.14 bits per heavy atom. The largest absolute Gasteiger partial charge is 0.497 e. The Morgan fingerprint density at radius 2 is 1.90 bits per heavy atom. The minimum absolute atomic E-state index is 0.344. The van der Waals surface area contributed by atoms with Gasteiger partial charge >= 0.3 is 0 Å². The molecule has 1 amide bonds. The smallest absolute Gasteiger partial charge is 0.289 e. The molecule has 0 atom stereocenters. The van der Waals surface area contributed by atoms with E-state index in [1.807, 2.05) is 62.4 Å². The first-order valence-electron chi connectivity index (χ1n) is 9.18. The van der Waals surface area contributed by atoms with E-state index in [4.69, 9.17) is 4.74 Å². The zero-order chi connectivity index (χ0) is 20.4. The van der Waals surface area contributed by atoms with Crippen LogP contribution in [0.2, 0.25) is 0 Å². The molecule has 0 spiro atoms. The fourth-order valence-corrected chi connectivity index (χ4v) is 3.32. The van der Waals surface area contributed by atoms with E-state index in [1.54, 1.807) is 13.3 Å². The molecule has 4 aromatic rings. The number of H-pyrrole nitrogens is 2. The van der Waals surface area contributed by atoms with Crippen molar-refractivity contribution in [3.63, 3.8) is 0 Å². The molecule has 0 unspecified atom stereocenters. The van der Waals surface area contributed by atoms with E-state index >= 15 is 0 Å². The van der Waals surface area contributed by atoms with Crippen LogP contribution in [-0.4, -0.2) is 34.4 Å². The highest BCUT2D eigenvalue weighted by Crippen LogP contribution is 2.25. The van der Waals surface area contributed by atoms with Gasteiger partial charge in [-0.25, -0.2) is 5.43 Å². The second kappa shape index (κ2) is 7.63. The monoisotopic (exact) mass is 387 g/mol. The maximum Gasteiger partial charge on any atom is 0.289 e. The number of nitrogens with zero attached hydrogens (tertiary/aromatic N) is 2. The van der Waals surface area contributed by atoms with E-state index in [9.17, 15) is 4.79 Å². The van der Waals surface area contributed by atoms with Gasteiger partial charge in [-0.1, -0.05) is 18.2 Å². The summed E-state index contributed by atoms with van der Waals surface area (Å²) in [6.07, 6.45) is 1.65. The highest BCUT2D eigenvalue weighted by molar-refractivity contribution is 6.01. The summed E-state index contributed by atoms with van der Waals surface area (Å²) in [7, 11) is 1.62. The average molecular weight is 387 g/mol. The Hall–Kier alpha value is -3.87. The van der Waals surface area contributed by atoms with E-state index in [-0.39, 0.29) is 5.91 Å². The maximum absolute atomic E-state index is 12.6. The zero-order valence-corrected chi connectivity index (χ0v) is 16.4. The molecule has 2 aromatic carbocycles. The summed E-state index contributed by atoms with van der Waals surface area (Å²) in [5, 5.41) is 12.3. The van der Waals surface area contributed by atoms with Gasteiger partial charge in [-0.3, -0.25) is 9.89 Å². The lowest BCUT2D eigenvalue weighted by atomic mass is 10.1. The number of amides is 1. The first-order valence-corrected chi connectivity index (χ1v) is 9.18. The lowest BCUT2D eigenvalue weighted by Gasteiger charge is -2.02. The van der Waals surface area contributed by atoms with Crippen molar-refractivity contribution < 1.29 is 9.53 Å². The Kier molecular flexibility index (Phi) is 4.87. The number of hydrogen-bond acceptors (Lipinski definition) is 4. The maximum atomic E-state index is 12.6. The average Bonchev–Trinajstić information content (AvgIpc) is 3.27. The molecule has 0 bridgehead atoms. The van der Waals surface area contributed by atoms with E-state index in [0.29, 0.717) is 11.4 Å². The number of hydrazone groups is 1. The molecule has 0 saturated heterocycles. The first kappa shape index (κ1) is 18.5. The molecule has 0 aliphatic rings. The lowest BCUT2D eigenvalue weighted by molar-refractivity contribution is 0.0949. The number of para-hydroxylation sites is 1. The van der Waals surface area contributed by atoms with Crippen LogP contribution in [0.1, 0.15) is 27.3 Å².